The van der Waals surface area contributed by atoms with Crippen LogP contribution in [0.4, 0.5) is 0 Å². The molecule has 2 bridgehead atoms. The van der Waals surface area contributed by atoms with E-state index in [1.165, 1.54) is 58.4 Å². The smallest absolute Gasteiger partial charge is 0.00443 e. The molecule has 0 saturated carbocycles. The molecule has 4 heterocycles. The monoisotopic (exact) mass is 236 g/mol. The highest BCUT2D eigenvalue weighted by Gasteiger charge is 2.51. The van der Waals surface area contributed by atoms with Crippen molar-refractivity contribution in [1.82, 2.24) is 10.2 Å². The summed E-state index contributed by atoms with van der Waals surface area (Å²) in [7, 11) is 0. The molecule has 17 heavy (non-hydrogen) atoms. The maximum absolute atomic E-state index is 3.65. The number of hydrogen-bond donors (Lipinski definition) is 1. The zero-order chi connectivity index (χ0) is 11.9. The topological polar surface area (TPSA) is 15.3 Å². The molecule has 2 nitrogen and oxygen atoms in total. The van der Waals surface area contributed by atoms with Crippen molar-refractivity contribution < 1.29 is 0 Å². The van der Waals surface area contributed by atoms with Gasteiger partial charge in [0, 0.05) is 6.54 Å². The third-order valence-electron chi connectivity index (χ3n) is 5.65. The standard InChI is InChI=1S/C15H28N2/c1-12(2)9-14-10-16-6-5-15(14)11-17-7-3-13(15)4-8-17/h12-14,16H,3-11H2,1-2H3. The molecule has 0 aromatic carbocycles. The second-order valence-electron chi connectivity index (χ2n) is 7.06. The zero-order valence-corrected chi connectivity index (χ0v) is 11.5. The summed E-state index contributed by atoms with van der Waals surface area (Å²) >= 11 is 0. The van der Waals surface area contributed by atoms with E-state index in [2.05, 4.69) is 24.1 Å². The number of piperidine rings is 4. The first-order chi connectivity index (χ1) is 8.21. The van der Waals surface area contributed by atoms with Gasteiger partial charge in [-0.25, -0.2) is 0 Å². The van der Waals surface area contributed by atoms with Gasteiger partial charge < -0.3 is 10.2 Å². The van der Waals surface area contributed by atoms with Crippen LogP contribution in [0.5, 0.6) is 0 Å². The van der Waals surface area contributed by atoms with E-state index >= 15 is 0 Å². The van der Waals surface area contributed by atoms with Gasteiger partial charge in [-0.3, -0.25) is 0 Å². The van der Waals surface area contributed by atoms with Crippen molar-refractivity contribution in [3.05, 3.63) is 0 Å². The number of rotatable bonds is 2. The van der Waals surface area contributed by atoms with E-state index in [0.717, 1.165) is 17.8 Å². The van der Waals surface area contributed by atoms with E-state index in [0.29, 0.717) is 5.41 Å². The van der Waals surface area contributed by atoms with E-state index in [4.69, 9.17) is 0 Å². The lowest BCUT2D eigenvalue weighted by Gasteiger charge is -2.59. The molecule has 0 aromatic rings. The van der Waals surface area contributed by atoms with Crippen LogP contribution < -0.4 is 5.32 Å². The van der Waals surface area contributed by atoms with Crippen molar-refractivity contribution in [2.24, 2.45) is 23.2 Å². The third-order valence-corrected chi connectivity index (χ3v) is 5.65. The van der Waals surface area contributed by atoms with Crippen LogP contribution >= 0.6 is 0 Å². The quantitative estimate of drug-likeness (QED) is 0.792. The molecule has 2 atom stereocenters. The second-order valence-corrected chi connectivity index (χ2v) is 7.06. The fourth-order valence-corrected chi connectivity index (χ4v) is 4.85. The Balaban J connectivity index is 1.81. The van der Waals surface area contributed by atoms with Crippen LogP contribution in [0, 0.1) is 23.2 Å². The first-order valence-corrected chi connectivity index (χ1v) is 7.64. The Morgan fingerprint density at radius 2 is 2.06 bits per heavy atom. The number of nitrogens with zero attached hydrogens (tertiary/aromatic N) is 1. The molecular formula is C15H28N2. The molecule has 0 aromatic heterocycles. The van der Waals surface area contributed by atoms with Gasteiger partial charge in [-0.1, -0.05) is 13.8 Å². The first kappa shape index (κ1) is 12.0. The number of nitrogens with one attached hydrogen (secondary N) is 1. The highest BCUT2D eigenvalue weighted by molar-refractivity contribution is 5.03. The van der Waals surface area contributed by atoms with Crippen LogP contribution in [0.1, 0.15) is 39.5 Å². The zero-order valence-electron chi connectivity index (χ0n) is 11.5. The van der Waals surface area contributed by atoms with Crippen molar-refractivity contribution in [3.8, 4) is 0 Å². The fourth-order valence-electron chi connectivity index (χ4n) is 4.85. The molecule has 98 valence electrons. The summed E-state index contributed by atoms with van der Waals surface area (Å²) in [6, 6.07) is 0. The lowest BCUT2D eigenvalue weighted by Crippen LogP contribution is -2.62. The number of fused-ring (bicyclic) bond motifs is 2. The average molecular weight is 236 g/mol. The summed E-state index contributed by atoms with van der Waals surface area (Å²) in [6.07, 6.45) is 5.83. The molecule has 1 spiro atoms. The first-order valence-electron chi connectivity index (χ1n) is 7.64. The molecule has 0 radical (unpaired) electrons. The summed E-state index contributed by atoms with van der Waals surface area (Å²) in [4.78, 5) is 2.75. The SMILES string of the molecule is CC(C)CC1CNCCC12CN1CCC2CC1. The maximum Gasteiger partial charge on any atom is 0.00443 e. The Labute approximate surface area is 106 Å². The minimum Gasteiger partial charge on any atom is -0.316 e. The minimum atomic E-state index is 0.687. The van der Waals surface area contributed by atoms with Crippen LogP contribution in [0.25, 0.3) is 0 Å². The van der Waals surface area contributed by atoms with E-state index in [9.17, 15) is 0 Å². The molecule has 2 heteroatoms. The van der Waals surface area contributed by atoms with Gasteiger partial charge in [0.2, 0.25) is 0 Å². The van der Waals surface area contributed by atoms with E-state index < -0.39 is 0 Å². The van der Waals surface area contributed by atoms with Gasteiger partial charge in [0.05, 0.1) is 0 Å². The summed E-state index contributed by atoms with van der Waals surface area (Å²) < 4.78 is 0. The third kappa shape index (κ3) is 2.04. The summed E-state index contributed by atoms with van der Waals surface area (Å²) in [5.41, 5.74) is 0.687. The van der Waals surface area contributed by atoms with Gasteiger partial charge in [0.15, 0.2) is 0 Å². The van der Waals surface area contributed by atoms with Crippen molar-refractivity contribution in [2.45, 2.75) is 39.5 Å². The molecule has 0 aliphatic carbocycles. The van der Waals surface area contributed by atoms with Crippen LogP contribution in [0.2, 0.25) is 0 Å². The molecule has 1 N–H and O–H groups in total. The molecule has 4 aliphatic rings. The van der Waals surface area contributed by atoms with Crippen molar-refractivity contribution >= 4 is 0 Å². The molecule has 4 aliphatic heterocycles. The summed E-state index contributed by atoms with van der Waals surface area (Å²) in [6.45, 7) is 11.5. The van der Waals surface area contributed by atoms with E-state index in [-0.39, 0.29) is 0 Å². The van der Waals surface area contributed by atoms with Crippen LogP contribution in [0.3, 0.4) is 0 Å². The maximum atomic E-state index is 3.65. The van der Waals surface area contributed by atoms with Gasteiger partial charge >= 0.3 is 0 Å². The summed E-state index contributed by atoms with van der Waals surface area (Å²) in [5.74, 6) is 2.83. The van der Waals surface area contributed by atoms with Gasteiger partial charge in [0.1, 0.15) is 0 Å². The van der Waals surface area contributed by atoms with Crippen LogP contribution in [-0.2, 0) is 0 Å². The molecule has 2 unspecified atom stereocenters. The summed E-state index contributed by atoms with van der Waals surface area (Å²) in [5, 5.41) is 3.65. The van der Waals surface area contributed by atoms with Gasteiger partial charge in [-0.05, 0) is 75.0 Å². The van der Waals surface area contributed by atoms with Gasteiger partial charge in [-0.2, -0.15) is 0 Å². The largest absolute Gasteiger partial charge is 0.316 e. The Morgan fingerprint density at radius 1 is 1.29 bits per heavy atom. The Kier molecular flexibility index (Phi) is 3.20. The van der Waals surface area contributed by atoms with Gasteiger partial charge in [0.25, 0.3) is 0 Å². The lowest BCUT2D eigenvalue weighted by atomic mass is 9.56. The van der Waals surface area contributed by atoms with Crippen LogP contribution in [0.15, 0.2) is 0 Å². The van der Waals surface area contributed by atoms with Crippen molar-refractivity contribution in [3.63, 3.8) is 0 Å². The average Bonchev–Trinajstić information content (AvgIpc) is 2.33. The molecule has 4 fully saturated rings. The molecule has 0 amide bonds. The van der Waals surface area contributed by atoms with Crippen LogP contribution in [-0.4, -0.2) is 37.6 Å². The highest BCUT2D eigenvalue weighted by atomic mass is 15.2. The fraction of sp³-hybridized carbons (Fsp3) is 1.00. The molecule has 4 rings (SSSR count). The Bertz CT molecular complexity index is 268. The second kappa shape index (κ2) is 4.55. The van der Waals surface area contributed by atoms with E-state index in [1.807, 2.05) is 0 Å². The predicted molar refractivity (Wildman–Crippen MR) is 72.0 cm³/mol. The predicted octanol–water partition coefficient (Wildman–Crippen LogP) is 2.35. The Hall–Kier alpha value is -0.0800. The van der Waals surface area contributed by atoms with Crippen molar-refractivity contribution in [1.29, 1.82) is 0 Å². The normalized spacial score (nSPS) is 45.7. The highest BCUT2D eigenvalue weighted by Crippen LogP contribution is 2.52. The molecular weight excluding hydrogens is 208 g/mol. The number of hydrogen-bond acceptors (Lipinski definition) is 2. The van der Waals surface area contributed by atoms with Crippen molar-refractivity contribution in [2.75, 3.05) is 32.7 Å². The minimum absolute atomic E-state index is 0.687. The Morgan fingerprint density at radius 3 is 2.65 bits per heavy atom. The van der Waals surface area contributed by atoms with Gasteiger partial charge in [-0.15, -0.1) is 0 Å². The molecule has 4 saturated heterocycles. The van der Waals surface area contributed by atoms with E-state index in [1.54, 1.807) is 0 Å². The lowest BCUT2D eigenvalue weighted by molar-refractivity contribution is -0.0885.